The molecule has 0 spiro atoms. The monoisotopic (exact) mass is 235 g/mol. The number of hydrogen-bond acceptors (Lipinski definition) is 4. The molecule has 0 saturated carbocycles. The van der Waals surface area contributed by atoms with E-state index in [9.17, 15) is 0 Å². The Bertz CT molecular complexity index is 312. The van der Waals surface area contributed by atoms with Crippen molar-refractivity contribution in [1.29, 1.82) is 0 Å². The van der Waals surface area contributed by atoms with Gasteiger partial charge in [-0.3, -0.25) is 0 Å². The molecule has 4 nitrogen and oxygen atoms in total. The quantitative estimate of drug-likeness (QED) is 0.847. The molecule has 1 aromatic rings. The molecule has 1 fully saturated rings. The molecule has 2 atom stereocenters. The summed E-state index contributed by atoms with van der Waals surface area (Å²) in [7, 11) is 0. The van der Waals surface area contributed by atoms with E-state index in [1.165, 1.54) is 6.42 Å². The van der Waals surface area contributed by atoms with Gasteiger partial charge in [-0.2, -0.15) is 0 Å². The summed E-state index contributed by atoms with van der Waals surface area (Å²) >= 11 is 0. The van der Waals surface area contributed by atoms with Crippen LogP contribution in [0.3, 0.4) is 0 Å². The van der Waals surface area contributed by atoms with Gasteiger partial charge >= 0.3 is 0 Å². The third kappa shape index (κ3) is 3.48. The molecular weight excluding hydrogens is 214 g/mol. The van der Waals surface area contributed by atoms with E-state index >= 15 is 0 Å². The zero-order valence-electron chi connectivity index (χ0n) is 10.4. The van der Waals surface area contributed by atoms with E-state index in [-0.39, 0.29) is 0 Å². The van der Waals surface area contributed by atoms with Gasteiger partial charge in [0.05, 0.1) is 18.3 Å². The van der Waals surface area contributed by atoms with E-state index in [1.807, 2.05) is 12.3 Å². The Morgan fingerprint density at radius 3 is 3.18 bits per heavy atom. The Labute approximate surface area is 103 Å². The van der Waals surface area contributed by atoms with Gasteiger partial charge in [0.1, 0.15) is 6.33 Å². The van der Waals surface area contributed by atoms with Gasteiger partial charge in [0, 0.05) is 18.7 Å². The molecule has 4 heteroatoms. The Hall–Kier alpha value is -1.00. The maximum Gasteiger partial charge on any atom is 0.115 e. The van der Waals surface area contributed by atoms with Gasteiger partial charge in [0.25, 0.3) is 0 Å². The van der Waals surface area contributed by atoms with E-state index in [0.717, 1.165) is 38.3 Å². The minimum Gasteiger partial charge on any atom is -0.381 e. The van der Waals surface area contributed by atoms with Gasteiger partial charge in [-0.25, -0.2) is 9.97 Å². The maximum absolute atomic E-state index is 5.58. The zero-order valence-corrected chi connectivity index (χ0v) is 10.4. The number of aromatic nitrogens is 2. The lowest BCUT2D eigenvalue weighted by molar-refractivity contribution is 0.0384. The molecule has 1 saturated heterocycles. The Balaban J connectivity index is 2.06. The highest BCUT2D eigenvalue weighted by atomic mass is 16.5. The summed E-state index contributed by atoms with van der Waals surface area (Å²) in [6.45, 7) is 4.94. The molecule has 2 rings (SSSR count). The van der Waals surface area contributed by atoms with Crippen LogP contribution in [-0.2, 0) is 4.74 Å². The molecule has 17 heavy (non-hydrogen) atoms. The van der Waals surface area contributed by atoms with Crippen molar-refractivity contribution in [1.82, 2.24) is 15.3 Å². The van der Waals surface area contributed by atoms with Crippen LogP contribution in [0.25, 0.3) is 0 Å². The molecule has 94 valence electrons. The average molecular weight is 235 g/mol. The van der Waals surface area contributed by atoms with Gasteiger partial charge in [-0.05, 0) is 31.9 Å². The Kier molecular flexibility index (Phi) is 4.88. The van der Waals surface area contributed by atoms with Crippen LogP contribution in [0.4, 0.5) is 0 Å². The summed E-state index contributed by atoms with van der Waals surface area (Å²) in [5.41, 5.74) is 1.09. The number of nitrogens with one attached hydrogen (secondary N) is 1. The van der Waals surface area contributed by atoms with Crippen LogP contribution in [0, 0.1) is 5.92 Å². The van der Waals surface area contributed by atoms with Crippen LogP contribution in [0.5, 0.6) is 0 Å². The second-order valence-corrected chi connectivity index (χ2v) is 4.54. The highest BCUT2D eigenvalue weighted by Gasteiger charge is 2.25. The minimum atomic E-state index is 0.304. The molecule has 1 aliphatic heterocycles. The first-order chi connectivity index (χ1) is 8.42. The summed E-state index contributed by atoms with van der Waals surface area (Å²) in [6.07, 6.45) is 6.94. The molecule has 1 aromatic heterocycles. The zero-order chi connectivity index (χ0) is 11.9. The van der Waals surface area contributed by atoms with Crippen molar-refractivity contribution >= 4 is 0 Å². The summed E-state index contributed by atoms with van der Waals surface area (Å²) in [4.78, 5) is 8.36. The fourth-order valence-electron chi connectivity index (χ4n) is 2.33. The Morgan fingerprint density at radius 1 is 1.59 bits per heavy atom. The van der Waals surface area contributed by atoms with Crippen molar-refractivity contribution < 1.29 is 4.74 Å². The van der Waals surface area contributed by atoms with Crippen LogP contribution < -0.4 is 5.32 Å². The number of nitrogens with zero attached hydrogens (tertiary/aromatic N) is 2. The van der Waals surface area contributed by atoms with Crippen LogP contribution in [0.15, 0.2) is 18.6 Å². The summed E-state index contributed by atoms with van der Waals surface area (Å²) in [5, 5.41) is 3.59. The van der Waals surface area contributed by atoms with Gasteiger partial charge in [0.15, 0.2) is 0 Å². The van der Waals surface area contributed by atoms with E-state index in [2.05, 4.69) is 22.2 Å². The fourth-order valence-corrected chi connectivity index (χ4v) is 2.33. The molecule has 2 heterocycles. The summed E-state index contributed by atoms with van der Waals surface area (Å²) in [5.74, 6) is 0.533. The SMILES string of the molecule is CCCNC(c1ccncn1)C1CCCOC1. The number of hydrogen-bond donors (Lipinski definition) is 1. The normalized spacial score (nSPS) is 22.3. The molecule has 0 amide bonds. The largest absolute Gasteiger partial charge is 0.381 e. The predicted octanol–water partition coefficient (Wildman–Crippen LogP) is 1.94. The highest BCUT2D eigenvalue weighted by molar-refractivity contribution is 5.06. The van der Waals surface area contributed by atoms with Crippen LogP contribution >= 0.6 is 0 Å². The lowest BCUT2D eigenvalue weighted by Gasteiger charge is -2.30. The molecule has 0 aromatic carbocycles. The molecular formula is C13H21N3O. The maximum atomic E-state index is 5.58. The Morgan fingerprint density at radius 2 is 2.53 bits per heavy atom. The van der Waals surface area contributed by atoms with E-state index in [1.54, 1.807) is 6.33 Å². The van der Waals surface area contributed by atoms with Gasteiger partial charge in [-0.15, -0.1) is 0 Å². The van der Waals surface area contributed by atoms with Crippen molar-refractivity contribution in [3.05, 3.63) is 24.3 Å². The number of rotatable bonds is 5. The average Bonchev–Trinajstić information content (AvgIpc) is 2.42. The van der Waals surface area contributed by atoms with E-state index < -0.39 is 0 Å². The lowest BCUT2D eigenvalue weighted by atomic mass is 9.91. The van der Waals surface area contributed by atoms with Crippen molar-refractivity contribution in [2.75, 3.05) is 19.8 Å². The van der Waals surface area contributed by atoms with Crippen molar-refractivity contribution in [3.63, 3.8) is 0 Å². The van der Waals surface area contributed by atoms with Gasteiger partial charge in [0.2, 0.25) is 0 Å². The van der Waals surface area contributed by atoms with Crippen molar-refractivity contribution in [2.24, 2.45) is 5.92 Å². The topological polar surface area (TPSA) is 47.0 Å². The first-order valence-corrected chi connectivity index (χ1v) is 6.49. The molecule has 1 N–H and O–H groups in total. The van der Waals surface area contributed by atoms with Gasteiger partial charge in [-0.1, -0.05) is 6.92 Å². The standard InChI is InChI=1S/C13H21N3O/c1-2-6-15-13(11-4-3-8-17-9-11)12-5-7-14-10-16-12/h5,7,10-11,13,15H,2-4,6,8-9H2,1H3. The second-order valence-electron chi connectivity index (χ2n) is 4.54. The third-order valence-electron chi connectivity index (χ3n) is 3.20. The molecule has 2 unspecified atom stereocenters. The summed E-state index contributed by atoms with van der Waals surface area (Å²) < 4.78 is 5.58. The molecule has 0 aliphatic carbocycles. The lowest BCUT2D eigenvalue weighted by Crippen LogP contribution is -2.34. The van der Waals surface area contributed by atoms with Gasteiger partial charge < -0.3 is 10.1 Å². The van der Waals surface area contributed by atoms with Crippen molar-refractivity contribution in [3.8, 4) is 0 Å². The fraction of sp³-hybridized carbons (Fsp3) is 0.692. The van der Waals surface area contributed by atoms with E-state index in [0.29, 0.717) is 12.0 Å². The van der Waals surface area contributed by atoms with Crippen LogP contribution in [0.1, 0.15) is 37.9 Å². The van der Waals surface area contributed by atoms with Crippen molar-refractivity contribution in [2.45, 2.75) is 32.2 Å². The van der Waals surface area contributed by atoms with E-state index in [4.69, 9.17) is 4.74 Å². The third-order valence-corrected chi connectivity index (χ3v) is 3.20. The molecule has 0 bridgehead atoms. The number of ether oxygens (including phenoxy) is 1. The van der Waals surface area contributed by atoms with Crippen LogP contribution in [-0.4, -0.2) is 29.7 Å². The first-order valence-electron chi connectivity index (χ1n) is 6.49. The predicted molar refractivity (Wildman–Crippen MR) is 66.6 cm³/mol. The highest BCUT2D eigenvalue weighted by Crippen LogP contribution is 2.27. The molecule has 1 aliphatic rings. The molecule has 0 radical (unpaired) electrons. The minimum absolute atomic E-state index is 0.304. The first kappa shape index (κ1) is 12.5. The smallest absolute Gasteiger partial charge is 0.115 e. The second kappa shape index (κ2) is 6.67. The summed E-state index contributed by atoms with van der Waals surface area (Å²) in [6, 6.07) is 2.31. The van der Waals surface area contributed by atoms with Crippen LogP contribution in [0.2, 0.25) is 0 Å².